The van der Waals surface area contributed by atoms with Crippen LogP contribution in [0.5, 0.6) is 0 Å². The Hall–Kier alpha value is -1.77. The van der Waals surface area contributed by atoms with E-state index in [9.17, 15) is 4.79 Å². The lowest BCUT2D eigenvalue weighted by Gasteiger charge is -2.07. The first-order valence-electron chi connectivity index (χ1n) is 5.10. The van der Waals surface area contributed by atoms with Crippen molar-refractivity contribution >= 4 is 5.91 Å². The highest BCUT2D eigenvalue weighted by Crippen LogP contribution is 1.95. The van der Waals surface area contributed by atoms with Crippen molar-refractivity contribution in [3.63, 3.8) is 0 Å². The molecule has 0 aliphatic carbocycles. The topological polar surface area (TPSA) is 38.3 Å². The Morgan fingerprint density at radius 2 is 2.12 bits per heavy atom. The molecule has 1 N–H and O–H groups in total. The van der Waals surface area contributed by atoms with Crippen molar-refractivity contribution in [1.29, 1.82) is 0 Å². The van der Waals surface area contributed by atoms with Crippen LogP contribution in [0.15, 0.2) is 48.8 Å². The highest BCUT2D eigenvalue weighted by atomic mass is 16.5. The standard InChI is InChI=1S/C13H19NO2/c1-5-8-11(4)16-10-13(15)14-9-12(6-2)7-3/h5-8H,1-2,9-10H2,3-4H3,(H,14,15)/b11-8+,12-7+. The minimum Gasteiger partial charge on any atom is -0.488 e. The monoisotopic (exact) mass is 221 g/mol. The summed E-state index contributed by atoms with van der Waals surface area (Å²) in [6, 6.07) is 0. The van der Waals surface area contributed by atoms with Crippen molar-refractivity contribution in [2.75, 3.05) is 13.2 Å². The maximum atomic E-state index is 11.3. The van der Waals surface area contributed by atoms with Crippen LogP contribution in [0.25, 0.3) is 0 Å². The van der Waals surface area contributed by atoms with Crippen LogP contribution in [0.3, 0.4) is 0 Å². The van der Waals surface area contributed by atoms with Gasteiger partial charge in [-0.2, -0.15) is 0 Å². The predicted molar refractivity (Wildman–Crippen MR) is 66.9 cm³/mol. The zero-order valence-corrected chi connectivity index (χ0v) is 9.95. The van der Waals surface area contributed by atoms with E-state index in [-0.39, 0.29) is 12.5 Å². The van der Waals surface area contributed by atoms with Gasteiger partial charge in [0.25, 0.3) is 5.91 Å². The third-order valence-electron chi connectivity index (χ3n) is 1.91. The Balaban J connectivity index is 3.88. The number of carbonyl (C=O) groups excluding carboxylic acids is 1. The fraction of sp³-hybridized carbons (Fsp3) is 0.308. The summed E-state index contributed by atoms with van der Waals surface area (Å²) >= 11 is 0. The minimum atomic E-state index is -0.155. The van der Waals surface area contributed by atoms with E-state index in [0.717, 1.165) is 5.57 Å². The predicted octanol–water partition coefficient (Wildman–Crippen LogP) is 2.34. The van der Waals surface area contributed by atoms with E-state index in [2.05, 4.69) is 18.5 Å². The molecule has 0 heterocycles. The zero-order chi connectivity index (χ0) is 12.4. The average Bonchev–Trinajstić information content (AvgIpc) is 2.28. The van der Waals surface area contributed by atoms with Gasteiger partial charge >= 0.3 is 0 Å². The number of nitrogens with one attached hydrogen (secondary N) is 1. The minimum absolute atomic E-state index is 0.0182. The lowest BCUT2D eigenvalue weighted by Crippen LogP contribution is -2.28. The first-order chi connectivity index (χ1) is 7.63. The molecule has 16 heavy (non-hydrogen) atoms. The molecule has 0 spiro atoms. The van der Waals surface area contributed by atoms with Gasteiger partial charge in [-0.25, -0.2) is 0 Å². The van der Waals surface area contributed by atoms with E-state index in [0.29, 0.717) is 12.3 Å². The van der Waals surface area contributed by atoms with Gasteiger partial charge in [0.2, 0.25) is 0 Å². The maximum Gasteiger partial charge on any atom is 0.258 e. The first kappa shape index (κ1) is 14.2. The van der Waals surface area contributed by atoms with Crippen molar-refractivity contribution in [1.82, 2.24) is 5.32 Å². The van der Waals surface area contributed by atoms with Crippen molar-refractivity contribution in [2.24, 2.45) is 0 Å². The second-order valence-electron chi connectivity index (χ2n) is 3.15. The molecule has 0 saturated carbocycles. The molecule has 0 saturated heterocycles. The lowest BCUT2D eigenvalue weighted by molar-refractivity contribution is -0.124. The van der Waals surface area contributed by atoms with Gasteiger partial charge in [-0.05, 0) is 25.5 Å². The normalized spacial score (nSPS) is 11.9. The number of carbonyl (C=O) groups is 1. The SMILES string of the molecule is C=C/C=C(\C)OCC(=O)NC/C(C=C)=C/C. The molecule has 0 aliphatic rings. The Labute approximate surface area is 97.2 Å². The first-order valence-corrected chi connectivity index (χ1v) is 5.10. The van der Waals surface area contributed by atoms with Gasteiger partial charge in [-0.15, -0.1) is 0 Å². The summed E-state index contributed by atoms with van der Waals surface area (Å²) in [6.07, 6.45) is 6.93. The molecule has 0 radical (unpaired) electrons. The van der Waals surface area contributed by atoms with Gasteiger partial charge in [-0.1, -0.05) is 31.4 Å². The molecule has 0 aliphatic heterocycles. The van der Waals surface area contributed by atoms with Crippen LogP contribution >= 0.6 is 0 Å². The summed E-state index contributed by atoms with van der Waals surface area (Å²) in [6.45, 7) is 11.3. The summed E-state index contributed by atoms with van der Waals surface area (Å²) in [5.41, 5.74) is 0.978. The van der Waals surface area contributed by atoms with Gasteiger partial charge in [0.15, 0.2) is 6.61 Å². The van der Waals surface area contributed by atoms with E-state index < -0.39 is 0 Å². The fourth-order valence-corrected chi connectivity index (χ4v) is 0.937. The van der Waals surface area contributed by atoms with Crippen LogP contribution in [-0.4, -0.2) is 19.1 Å². The van der Waals surface area contributed by atoms with E-state index in [1.54, 1.807) is 25.2 Å². The van der Waals surface area contributed by atoms with Crippen LogP contribution in [0.2, 0.25) is 0 Å². The molecular weight excluding hydrogens is 202 g/mol. The van der Waals surface area contributed by atoms with Gasteiger partial charge in [0.05, 0.1) is 5.76 Å². The van der Waals surface area contributed by atoms with Crippen molar-refractivity contribution < 1.29 is 9.53 Å². The summed E-state index contributed by atoms with van der Waals surface area (Å²) in [4.78, 5) is 11.3. The number of hydrogen-bond acceptors (Lipinski definition) is 2. The Morgan fingerprint density at radius 1 is 1.44 bits per heavy atom. The van der Waals surface area contributed by atoms with Crippen LogP contribution in [0, 0.1) is 0 Å². The third kappa shape index (κ3) is 6.65. The molecule has 0 bridgehead atoms. The second kappa shape index (κ2) is 8.53. The summed E-state index contributed by atoms with van der Waals surface area (Å²) in [7, 11) is 0. The van der Waals surface area contributed by atoms with Gasteiger partial charge in [0, 0.05) is 6.54 Å². The molecule has 3 heteroatoms. The van der Waals surface area contributed by atoms with Crippen molar-refractivity contribution in [3.8, 4) is 0 Å². The average molecular weight is 221 g/mol. The van der Waals surface area contributed by atoms with Crippen LogP contribution in [0.4, 0.5) is 0 Å². The fourth-order valence-electron chi connectivity index (χ4n) is 0.937. The second-order valence-corrected chi connectivity index (χ2v) is 3.15. The summed E-state index contributed by atoms with van der Waals surface area (Å²) in [5, 5.41) is 2.73. The van der Waals surface area contributed by atoms with Gasteiger partial charge in [-0.3, -0.25) is 4.79 Å². The smallest absolute Gasteiger partial charge is 0.258 e. The highest BCUT2D eigenvalue weighted by Gasteiger charge is 2.01. The van der Waals surface area contributed by atoms with E-state index >= 15 is 0 Å². The third-order valence-corrected chi connectivity index (χ3v) is 1.91. The van der Waals surface area contributed by atoms with Gasteiger partial charge in [0.1, 0.15) is 0 Å². The summed E-state index contributed by atoms with van der Waals surface area (Å²) < 4.78 is 5.18. The Kier molecular flexibility index (Phi) is 7.59. The van der Waals surface area contributed by atoms with Crippen molar-refractivity contribution in [3.05, 3.63) is 48.8 Å². The number of rotatable bonds is 7. The van der Waals surface area contributed by atoms with Crippen molar-refractivity contribution in [2.45, 2.75) is 13.8 Å². The van der Waals surface area contributed by atoms with Crippen LogP contribution in [-0.2, 0) is 9.53 Å². The van der Waals surface area contributed by atoms with E-state index in [4.69, 9.17) is 4.74 Å². The van der Waals surface area contributed by atoms with Gasteiger partial charge < -0.3 is 10.1 Å². The molecule has 88 valence electrons. The van der Waals surface area contributed by atoms with Crippen LogP contribution in [0.1, 0.15) is 13.8 Å². The summed E-state index contributed by atoms with van der Waals surface area (Å²) in [5.74, 6) is 0.512. The van der Waals surface area contributed by atoms with E-state index in [1.807, 2.05) is 13.0 Å². The lowest BCUT2D eigenvalue weighted by atomic mass is 10.2. The molecular formula is C13H19NO2. The Bertz CT molecular complexity index is 314. The number of hydrogen-bond donors (Lipinski definition) is 1. The molecule has 3 nitrogen and oxygen atoms in total. The quantitative estimate of drug-likeness (QED) is 0.529. The number of ether oxygens (including phenoxy) is 1. The molecule has 0 aromatic heterocycles. The highest BCUT2D eigenvalue weighted by molar-refractivity contribution is 5.77. The number of allylic oxidation sites excluding steroid dienone is 4. The zero-order valence-electron chi connectivity index (χ0n) is 9.95. The maximum absolute atomic E-state index is 11.3. The Morgan fingerprint density at radius 3 is 2.62 bits per heavy atom. The van der Waals surface area contributed by atoms with E-state index in [1.165, 1.54) is 0 Å². The largest absolute Gasteiger partial charge is 0.488 e. The molecule has 0 atom stereocenters. The molecule has 0 unspecified atom stereocenters. The van der Waals surface area contributed by atoms with Crippen LogP contribution < -0.4 is 5.32 Å². The molecule has 0 rings (SSSR count). The molecule has 0 aromatic rings. The molecule has 1 amide bonds. The molecule has 0 fully saturated rings. The number of amides is 1. The molecule has 0 aromatic carbocycles.